The van der Waals surface area contributed by atoms with Crippen molar-refractivity contribution in [2.24, 2.45) is 17.2 Å². The number of allylic oxidation sites excluding steroid dienone is 1. The summed E-state index contributed by atoms with van der Waals surface area (Å²) in [5.41, 5.74) is 4.41. The fraction of sp³-hybridized carbons (Fsp3) is 0.611. The molecule has 1 heterocycles. The highest BCUT2D eigenvalue weighted by Gasteiger charge is 2.68. The van der Waals surface area contributed by atoms with Crippen molar-refractivity contribution in [2.75, 3.05) is 0 Å². The van der Waals surface area contributed by atoms with Crippen LogP contribution in [0.2, 0.25) is 0 Å². The number of amides is 1. The first kappa shape index (κ1) is 15.6. The van der Waals surface area contributed by atoms with Gasteiger partial charge in [0.1, 0.15) is 5.69 Å². The van der Waals surface area contributed by atoms with Crippen LogP contribution in [0, 0.1) is 11.3 Å². The second-order valence-corrected chi connectivity index (χ2v) is 7.35. The largest absolute Gasteiger partial charge is 0.305 e. The maximum atomic E-state index is 13.0. The van der Waals surface area contributed by atoms with Gasteiger partial charge in [-0.2, -0.15) is 0 Å². The van der Waals surface area contributed by atoms with Gasteiger partial charge < -0.3 is 4.57 Å². The van der Waals surface area contributed by atoms with E-state index in [0.29, 0.717) is 24.6 Å². The molecule has 0 saturated heterocycles. The fourth-order valence-electron chi connectivity index (χ4n) is 4.53. The van der Waals surface area contributed by atoms with Crippen molar-refractivity contribution in [1.82, 2.24) is 15.0 Å². The van der Waals surface area contributed by atoms with Gasteiger partial charge in [0.05, 0.1) is 11.1 Å². The van der Waals surface area contributed by atoms with Gasteiger partial charge in [0.2, 0.25) is 5.91 Å². The van der Waals surface area contributed by atoms with Crippen molar-refractivity contribution >= 4 is 5.91 Å². The van der Waals surface area contributed by atoms with E-state index in [1.807, 2.05) is 4.57 Å². The Morgan fingerprint density at radius 2 is 2.17 bits per heavy atom. The molecular formula is C18H24N4O2. The predicted molar refractivity (Wildman–Crippen MR) is 90.2 cm³/mol. The summed E-state index contributed by atoms with van der Waals surface area (Å²) in [7, 11) is 0. The van der Waals surface area contributed by atoms with Gasteiger partial charge in [0.25, 0.3) is 5.56 Å². The Balaban J connectivity index is 1.79. The number of aryl methyl sites for hydroxylation is 1. The third-order valence-electron chi connectivity index (χ3n) is 5.96. The Kier molecular flexibility index (Phi) is 3.60. The van der Waals surface area contributed by atoms with Crippen LogP contribution in [0.4, 0.5) is 0 Å². The van der Waals surface area contributed by atoms with Crippen molar-refractivity contribution in [3.05, 3.63) is 40.1 Å². The molecule has 2 unspecified atom stereocenters. The Labute approximate surface area is 141 Å². The van der Waals surface area contributed by atoms with Gasteiger partial charge >= 0.3 is 0 Å². The Bertz CT molecular complexity index is 765. The number of nitrogens with zero attached hydrogens (tertiary/aromatic N) is 2. The van der Waals surface area contributed by atoms with E-state index in [4.69, 9.17) is 10.8 Å². The van der Waals surface area contributed by atoms with Crippen LogP contribution in [0.1, 0.15) is 55.1 Å². The first-order valence-corrected chi connectivity index (χ1v) is 8.88. The lowest BCUT2D eigenvalue weighted by Gasteiger charge is -2.22. The fourth-order valence-corrected chi connectivity index (χ4v) is 4.53. The summed E-state index contributed by atoms with van der Waals surface area (Å²) in [4.78, 5) is 30.2. The van der Waals surface area contributed by atoms with Crippen LogP contribution >= 0.6 is 0 Å². The molecule has 128 valence electrons. The summed E-state index contributed by atoms with van der Waals surface area (Å²) in [6, 6.07) is 0. The number of carbonyl (C=O) groups is 1. The summed E-state index contributed by atoms with van der Waals surface area (Å²) >= 11 is 0. The van der Waals surface area contributed by atoms with E-state index in [-0.39, 0.29) is 17.4 Å². The standard InChI is InChI=1S/C18H24N4O2/c1-2-9-22-14-6-4-3-5-13(14)20-15(16(22)23)12-10-18(12,11-7-8-11)17(24)21-19/h2,11-12H,1,3-10,19H2,(H,21,24). The number of fused-ring (bicyclic) bond motifs is 1. The van der Waals surface area contributed by atoms with Gasteiger partial charge in [-0.05, 0) is 50.9 Å². The molecule has 3 aliphatic carbocycles. The molecule has 1 amide bonds. The van der Waals surface area contributed by atoms with Gasteiger partial charge in [-0.3, -0.25) is 15.0 Å². The molecule has 1 aromatic rings. The number of nitrogens with one attached hydrogen (secondary N) is 1. The minimum Gasteiger partial charge on any atom is -0.305 e. The molecule has 3 aliphatic rings. The van der Waals surface area contributed by atoms with Crippen LogP contribution in [-0.4, -0.2) is 15.5 Å². The van der Waals surface area contributed by atoms with E-state index in [0.717, 1.165) is 49.9 Å². The highest BCUT2D eigenvalue weighted by Crippen LogP contribution is 2.69. The zero-order valence-corrected chi connectivity index (χ0v) is 13.9. The van der Waals surface area contributed by atoms with Gasteiger partial charge in [0, 0.05) is 18.2 Å². The number of rotatable bonds is 5. The molecule has 6 nitrogen and oxygen atoms in total. The Hall–Kier alpha value is -1.95. The van der Waals surface area contributed by atoms with E-state index in [1.54, 1.807) is 6.08 Å². The monoisotopic (exact) mass is 328 g/mol. The maximum absolute atomic E-state index is 13.0. The lowest BCUT2D eigenvalue weighted by atomic mass is 9.94. The summed E-state index contributed by atoms with van der Waals surface area (Å²) in [6.45, 7) is 4.29. The second kappa shape index (κ2) is 5.55. The maximum Gasteiger partial charge on any atom is 0.273 e. The minimum absolute atomic E-state index is 0.0482. The molecule has 2 saturated carbocycles. The average molecular weight is 328 g/mol. The first-order valence-electron chi connectivity index (χ1n) is 8.88. The molecule has 0 bridgehead atoms. The van der Waals surface area contributed by atoms with Gasteiger partial charge in [-0.1, -0.05) is 6.08 Å². The SMILES string of the molecule is C=CCn1c2c(nc(C3CC3(C(=O)NN)C3CC3)c1=O)CCCC2. The Morgan fingerprint density at radius 1 is 1.42 bits per heavy atom. The summed E-state index contributed by atoms with van der Waals surface area (Å²) in [5, 5.41) is 0. The smallest absolute Gasteiger partial charge is 0.273 e. The van der Waals surface area contributed by atoms with Crippen LogP contribution in [0.3, 0.4) is 0 Å². The van der Waals surface area contributed by atoms with Crippen molar-refractivity contribution in [3.63, 3.8) is 0 Å². The Morgan fingerprint density at radius 3 is 2.83 bits per heavy atom. The zero-order valence-electron chi connectivity index (χ0n) is 13.9. The van der Waals surface area contributed by atoms with Crippen LogP contribution < -0.4 is 16.8 Å². The molecule has 2 fully saturated rings. The molecule has 24 heavy (non-hydrogen) atoms. The van der Waals surface area contributed by atoms with Crippen LogP contribution in [-0.2, 0) is 24.2 Å². The van der Waals surface area contributed by atoms with E-state index in [2.05, 4.69) is 12.0 Å². The number of nitrogens with two attached hydrogens (primary N) is 1. The molecule has 0 aromatic carbocycles. The predicted octanol–water partition coefficient (Wildman–Crippen LogP) is 1.18. The third kappa shape index (κ3) is 2.16. The molecule has 3 N–H and O–H groups in total. The molecule has 0 spiro atoms. The van der Waals surface area contributed by atoms with Crippen molar-refractivity contribution in [2.45, 2.75) is 57.4 Å². The highest BCUT2D eigenvalue weighted by molar-refractivity contribution is 5.87. The number of hydrazine groups is 1. The van der Waals surface area contributed by atoms with E-state index in [9.17, 15) is 9.59 Å². The van der Waals surface area contributed by atoms with E-state index < -0.39 is 5.41 Å². The zero-order chi connectivity index (χ0) is 16.9. The highest BCUT2D eigenvalue weighted by atomic mass is 16.2. The van der Waals surface area contributed by atoms with Gasteiger partial charge in [0.15, 0.2) is 0 Å². The molecule has 0 radical (unpaired) electrons. The van der Waals surface area contributed by atoms with Crippen LogP contribution in [0.5, 0.6) is 0 Å². The number of carbonyl (C=O) groups excluding carboxylic acids is 1. The van der Waals surface area contributed by atoms with Crippen molar-refractivity contribution in [1.29, 1.82) is 0 Å². The van der Waals surface area contributed by atoms with E-state index >= 15 is 0 Å². The minimum atomic E-state index is -0.504. The molecule has 2 atom stereocenters. The molecule has 6 heteroatoms. The average Bonchev–Trinajstić information content (AvgIpc) is 3.48. The van der Waals surface area contributed by atoms with Crippen molar-refractivity contribution < 1.29 is 4.79 Å². The normalized spacial score (nSPS) is 28.1. The lowest BCUT2D eigenvalue weighted by molar-refractivity contribution is -0.127. The second-order valence-electron chi connectivity index (χ2n) is 7.35. The van der Waals surface area contributed by atoms with Gasteiger partial charge in [-0.25, -0.2) is 10.8 Å². The van der Waals surface area contributed by atoms with Crippen LogP contribution in [0.15, 0.2) is 17.4 Å². The quantitative estimate of drug-likeness (QED) is 0.368. The number of hydrogen-bond acceptors (Lipinski definition) is 4. The third-order valence-corrected chi connectivity index (χ3v) is 5.96. The van der Waals surface area contributed by atoms with E-state index in [1.165, 1.54) is 0 Å². The lowest BCUT2D eigenvalue weighted by Crippen LogP contribution is -2.40. The number of hydrogen-bond donors (Lipinski definition) is 2. The van der Waals surface area contributed by atoms with Crippen molar-refractivity contribution in [3.8, 4) is 0 Å². The topological polar surface area (TPSA) is 90.0 Å². The molecule has 4 rings (SSSR count). The molecule has 0 aliphatic heterocycles. The summed E-state index contributed by atoms with van der Waals surface area (Å²) in [5.74, 6) is 5.53. The van der Waals surface area contributed by atoms with Crippen LogP contribution in [0.25, 0.3) is 0 Å². The number of aromatic nitrogens is 2. The first-order chi connectivity index (χ1) is 11.6. The molecular weight excluding hydrogens is 304 g/mol. The molecule has 1 aromatic heterocycles. The summed E-state index contributed by atoms with van der Waals surface area (Å²) in [6.07, 6.45) is 8.53. The summed E-state index contributed by atoms with van der Waals surface area (Å²) < 4.78 is 1.82. The van der Waals surface area contributed by atoms with Gasteiger partial charge in [-0.15, -0.1) is 6.58 Å².